The molecule has 1 saturated heterocycles. The van der Waals surface area contributed by atoms with Crippen LogP contribution in [0.2, 0.25) is 0 Å². The number of piperidine rings is 1. The molecular formula is C30H40N4O8. The highest BCUT2D eigenvalue weighted by Crippen LogP contribution is 2.26. The number of benzene rings is 1. The molecule has 1 aromatic carbocycles. The number of nitrogens with zero attached hydrogens (tertiary/aromatic N) is 4. The number of rotatable bonds is 14. The Balaban J connectivity index is 0.000000316. The third kappa shape index (κ3) is 10.3. The first kappa shape index (κ1) is 32.4. The molecule has 3 aromatic rings. The number of furan rings is 1. The molecule has 0 unspecified atom stereocenters. The third-order valence-corrected chi connectivity index (χ3v) is 6.99. The Labute approximate surface area is 244 Å². The van der Waals surface area contributed by atoms with Crippen molar-refractivity contribution in [3.8, 4) is 0 Å². The molecule has 4 rings (SSSR count). The second-order valence-electron chi connectivity index (χ2n) is 10.5. The fourth-order valence-corrected chi connectivity index (χ4v) is 4.94. The fourth-order valence-electron chi connectivity index (χ4n) is 4.94. The number of hydrogen-bond donors (Lipinski definition) is 4. The summed E-state index contributed by atoms with van der Waals surface area (Å²) in [5.74, 6) is -3.00. The zero-order valence-corrected chi connectivity index (χ0v) is 23.9. The topological polar surface area (TPSA) is 170 Å². The van der Waals surface area contributed by atoms with E-state index < -0.39 is 36.4 Å². The Kier molecular flexibility index (Phi) is 12.1. The third-order valence-electron chi connectivity index (χ3n) is 6.99. The number of aryl methyl sites for hydroxylation is 2. The Morgan fingerprint density at radius 1 is 0.976 bits per heavy atom. The second kappa shape index (κ2) is 15.7. The summed E-state index contributed by atoms with van der Waals surface area (Å²) in [6, 6.07) is 13.1. The minimum atomic E-state index is -2.74. The lowest BCUT2D eigenvalue weighted by atomic mass is 9.96. The molecule has 1 fully saturated rings. The Hall–Kier alpha value is -4.16. The van der Waals surface area contributed by atoms with E-state index in [0.29, 0.717) is 0 Å². The van der Waals surface area contributed by atoms with Crippen LogP contribution in [0.1, 0.15) is 55.6 Å². The number of imidazole rings is 1. The molecule has 0 saturated carbocycles. The van der Waals surface area contributed by atoms with Crippen LogP contribution in [0, 0.1) is 6.92 Å². The summed E-state index contributed by atoms with van der Waals surface area (Å²) >= 11 is 0. The molecular weight excluding hydrogens is 544 g/mol. The van der Waals surface area contributed by atoms with E-state index in [1.54, 1.807) is 0 Å². The first-order valence-corrected chi connectivity index (χ1v) is 14.0. The quantitative estimate of drug-likeness (QED) is 0.218. The van der Waals surface area contributed by atoms with Crippen LogP contribution >= 0.6 is 0 Å². The summed E-state index contributed by atoms with van der Waals surface area (Å²) < 4.78 is 8.03. The van der Waals surface area contributed by atoms with Gasteiger partial charge in [0.2, 0.25) is 0 Å². The van der Waals surface area contributed by atoms with Crippen molar-refractivity contribution in [3.63, 3.8) is 0 Å². The Morgan fingerprint density at radius 3 is 2.24 bits per heavy atom. The molecule has 1 aliphatic rings. The molecule has 0 radical (unpaired) electrons. The van der Waals surface area contributed by atoms with E-state index in [-0.39, 0.29) is 0 Å². The van der Waals surface area contributed by atoms with Gasteiger partial charge in [-0.15, -0.1) is 0 Å². The van der Waals surface area contributed by atoms with Gasteiger partial charge >= 0.3 is 17.9 Å². The lowest BCUT2D eigenvalue weighted by Crippen LogP contribution is -2.42. The standard InChI is InChI=1S/C24H32N4O.C6H8O7/c1-21-10-11-23(29-21)19-27(14-7-13-26-17-12-25-20-26)18-22-8-3-4-9-24(22)28-15-5-2-6-16-28;7-3(8)1-6(13,5(11)12)2-4(9)10/h3-4,8-12,17,20H,2,5-7,13-16,18-19H2,1H3;13H,1-2H2,(H,7,8)(H,9,10)(H,11,12). The van der Waals surface area contributed by atoms with Crippen molar-refractivity contribution < 1.29 is 39.2 Å². The molecule has 2 aromatic heterocycles. The average molecular weight is 585 g/mol. The van der Waals surface area contributed by atoms with Crippen LogP contribution in [0.25, 0.3) is 0 Å². The summed E-state index contributed by atoms with van der Waals surface area (Å²) in [6.07, 6.45) is 8.53. The fraction of sp³-hybridized carbons (Fsp3) is 0.467. The number of para-hydroxylation sites is 1. The highest BCUT2D eigenvalue weighted by atomic mass is 16.4. The van der Waals surface area contributed by atoms with Crippen LogP contribution < -0.4 is 4.90 Å². The van der Waals surface area contributed by atoms with Gasteiger partial charge in [0.05, 0.1) is 25.7 Å². The van der Waals surface area contributed by atoms with E-state index >= 15 is 0 Å². The predicted octanol–water partition coefficient (Wildman–Crippen LogP) is 3.62. The zero-order valence-electron chi connectivity index (χ0n) is 23.9. The van der Waals surface area contributed by atoms with Gasteiger partial charge < -0.3 is 34.3 Å². The molecule has 3 heterocycles. The smallest absolute Gasteiger partial charge is 0.336 e. The van der Waals surface area contributed by atoms with Gasteiger partial charge in [0, 0.05) is 50.8 Å². The molecule has 12 nitrogen and oxygen atoms in total. The first-order valence-electron chi connectivity index (χ1n) is 14.0. The normalized spacial score (nSPS) is 13.5. The van der Waals surface area contributed by atoms with Gasteiger partial charge in [0.25, 0.3) is 0 Å². The van der Waals surface area contributed by atoms with E-state index in [1.807, 2.05) is 25.6 Å². The van der Waals surface area contributed by atoms with E-state index in [2.05, 4.69) is 55.7 Å². The van der Waals surface area contributed by atoms with Crippen molar-refractivity contribution in [3.05, 3.63) is 72.2 Å². The molecule has 228 valence electrons. The van der Waals surface area contributed by atoms with E-state index in [0.717, 1.165) is 44.1 Å². The summed E-state index contributed by atoms with van der Waals surface area (Å²) in [4.78, 5) is 39.7. The van der Waals surface area contributed by atoms with Crippen LogP contribution in [0.15, 0.2) is 59.5 Å². The van der Waals surface area contributed by atoms with Crippen LogP contribution in [0.5, 0.6) is 0 Å². The predicted molar refractivity (Wildman–Crippen MR) is 154 cm³/mol. The van der Waals surface area contributed by atoms with Gasteiger partial charge in [0.15, 0.2) is 5.60 Å². The van der Waals surface area contributed by atoms with Crippen LogP contribution in [-0.4, -0.2) is 78.0 Å². The highest BCUT2D eigenvalue weighted by molar-refractivity contribution is 5.88. The number of aliphatic hydroxyl groups is 1. The van der Waals surface area contributed by atoms with Crippen molar-refractivity contribution in [1.82, 2.24) is 14.5 Å². The SMILES string of the molecule is Cc1ccc(CN(CCCn2ccnc2)Cc2ccccc2N2CCCCC2)o1.O=C(O)CC(O)(CC(=O)O)C(=O)O. The molecule has 0 amide bonds. The van der Waals surface area contributed by atoms with Gasteiger partial charge in [-0.2, -0.15) is 0 Å². The van der Waals surface area contributed by atoms with E-state index in [9.17, 15) is 14.4 Å². The second-order valence-corrected chi connectivity index (χ2v) is 10.5. The zero-order chi connectivity index (χ0) is 30.5. The molecule has 0 atom stereocenters. The molecule has 12 heteroatoms. The minimum absolute atomic E-state index is 0.839. The molecule has 0 aliphatic carbocycles. The molecule has 1 aliphatic heterocycles. The molecule has 0 spiro atoms. The number of hydrogen-bond acceptors (Lipinski definition) is 8. The molecule has 4 N–H and O–H groups in total. The van der Waals surface area contributed by atoms with E-state index in [4.69, 9.17) is 24.8 Å². The van der Waals surface area contributed by atoms with Crippen molar-refractivity contribution >= 4 is 23.6 Å². The maximum atomic E-state index is 10.3. The maximum Gasteiger partial charge on any atom is 0.336 e. The van der Waals surface area contributed by atoms with Gasteiger partial charge in [0.1, 0.15) is 11.5 Å². The van der Waals surface area contributed by atoms with Crippen LogP contribution in [0.4, 0.5) is 5.69 Å². The first-order chi connectivity index (χ1) is 20.1. The lowest BCUT2D eigenvalue weighted by Gasteiger charge is -2.32. The van der Waals surface area contributed by atoms with Crippen LogP contribution in [0.3, 0.4) is 0 Å². The van der Waals surface area contributed by atoms with Gasteiger partial charge in [-0.25, -0.2) is 9.78 Å². The largest absolute Gasteiger partial charge is 0.481 e. The van der Waals surface area contributed by atoms with Crippen LogP contribution in [-0.2, 0) is 34.0 Å². The van der Waals surface area contributed by atoms with Crippen molar-refractivity contribution in [2.75, 3.05) is 24.5 Å². The van der Waals surface area contributed by atoms with Gasteiger partial charge in [-0.1, -0.05) is 18.2 Å². The number of aliphatic carboxylic acids is 3. The number of anilines is 1. The highest BCUT2D eigenvalue weighted by Gasteiger charge is 2.40. The summed E-state index contributed by atoms with van der Waals surface area (Å²) in [7, 11) is 0. The Bertz CT molecular complexity index is 1270. The maximum absolute atomic E-state index is 10.3. The monoisotopic (exact) mass is 584 g/mol. The van der Waals surface area contributed by atoms with Gasteiger partial charge in [-0.3, -0.25) is 14.5 Å². The summed E-state index contributed by atoms with van der Waals surface area (Å²) in [5, 5.41) is 33.8. The number of aromatic nitrogens is 2. The Morgan fingerprint density at radius 2 is 1.67 bits per heavy atom. The van der Waals surface area contributed by atoms with Crippen molar-refractivity contribution in [2.45, 2.75) is 70.7 Å². The van der Waals surface area contributed by atoms with Crippen molar-refractivity contribution in [1.29, 1.82) is 0 Å². The number of carboxylic acid groups (broad SMARTS) is 3. The lowest BCUT2D eigenvalue weighted by molar-refractivity contribution is -0.170. The van der Waals surface area contributed by atoms with Gasteiger partial charge in [-0.05, 0) is 56.4 Å². The van der Waals surface area contributed by atoms with Crippen molar-refractivity contribution in [2.24, 2.45) is 0 Å². The minimum Gasteiger partial charge on any atom is -0.481 e. The number of carboxylic acids is 3. The summed E-state index contributed by atoms with van der Waals surface area (Å²) in [5.41, 5.74) is 0.0836. The molecule has 42 heavy (non-hydrogen) atoms. The number of carbonyl (C=O) groups is 3. The molecule has 0 bridgehead atoms. The summed E-state index contributed by atoms with van der Waals surface area (Å²) in [6.45, 7) is 8.15. The van der Waals surface area contributed by atoms with E-state index in [1.165, 1.54) is 43.6 Å². The average Bonchev–Trinajstić information content (AvgIpc) is 3.60.